The number of hydrogen-bond acceptors (Lipinski definition) is 6. The van der Waals surface area contributed by atoms with Crippen LogP contribution in [0.3, 0.4) is 0 Å². The minimum atomic E-state index is -3.46. The highest BCUT2D eigenvalue weighted by Crippen LogP contribution is 2.38. The Kier molecular flexibility index (Phi) is 3.45. The summed E-state index contributed by atoms with van der Waals surface area (Å²) in [7, 11) is -3.46. The quantitative estimate of drug-likeness (QED) is 0.726. The number of aryl methyl sites for hydroxylation is 1. The van der Waals surface area contributed by atoms with E-state index in [9.17, 15) is 8.42 Å². The van der Waals surface area contributed by atoms with Gasteiger partial charge in [0.25, 0.3) is 0 Å². The van der Waals surface area contributed by atoms with Crippen LogP contribution in [0.1, 0.15) is 5.56 Å². The maximum absolute atomic E-state index is 12.6. The highest BCUT2D eigenvalue weighted by atomic mass is 32.2. The summed E-state index contributed by atoms with van der Waals surface area (Å²) in [5.74, 6) is 0.885. The maximum atomic E-state index is 12.6. The zero-order valence-electron chi connectivity index (χ0n) is 12.9. The molecular formula is C17H15NO5S. The number of rotatable bonds is 3. The van der Waals surface area contributed by atoms with E-state index in [2.05, 4.69) is 5.16 Å². The summed E-state index contributed by atoms with van der Waals surface area (Å²) < 4.78 is 41.6. The van der Waals surface area contributed by atoms with Crippen LogP contribution in [-0.4, -0.2) is 32.0 Å². The summed E-state index contributed by atoms with van der Waals surface area (Å²) in [5.41, 5.74) is 1.65. The van der Waals surface area contributed by atoms with E-state index in [4.69, 9.17) is 14.0 Å². The first kappa shape index (κ1) is 15.0. The summed E-state index contributed by atoms with van der Waals surface area (Å²) in [6.07, 6.45) is 0.873. The summed E-state index contributed by atoms with van der Waals surface area (Å²) in [6.45, 7) is 2.09. The molecule has 24 heavy (non-hydrogen) atoms. The third-order valence-corrected chi connectivity index (χ3v) is 5.75. The molecule has 2 aromatic carbocycles. The number of ether oxygens (including phenoxy) is 2. The van der Waals surface area contributed by atoms with E-state index in [0.29, 0.717) is 22.4 Å². The van der Waals surface area contributed by atoms with Crippen LogP contribution in [0.2, 0.25) is 0 Å². The fourth-order valence-electron chi connectivity index (χ4n) is 2.69. The minimum Gasteiger partial charge on any atom is -0.486 e. The number of fused-ring (bicyclic) bond motifs is 3. The lowest BCUT2D eigenvalue weighted by Crippen LogP contribution is -2.35. The molecule has 2 heterocycles. The number of aromatic nitrogens is 1. The van der Waals surface area contributed by atoms with Crippen LogP contribution >= 0.6 is 0 Å². The highest BCUT2D eigenvalue weighted by Gasteiger charge is 2.29. The molecule has 0 aliphatic carbocycles. The van der Waals surface area contributed by atoms with Gasteiger partial charge in [0.2, 0.25) is 0 Å². The lowest BCUT2D eigenvalue weighted by Gasteiger charge is -2.26. The van der Waals surface area contributed by atoms with Gasteiger partial charge < -0.3 is 14.0 Å². The molecule has 0 N–H and O–H groups in total. The van der Waals surface area contributed by atoms with Crippen LogP contribution in [0.15, 0.2) is 52.1 Å². The molecule has 1 atom stereocenters. The first-order chi connectivity index (χ1) is 11.5. The summed E-state index contributed by atoms with van der Waals surface area (Å²) in [4.78, 5) is 0.283. The van der Waals surface area contributed by atoms with Gasteiger partial charge in [0.05, 0.1) is 16.0 Å². The Labute approximate surface area is 138 Å². The van der Waals surface area contributed by atoms with E-state index in [1.165, 1.54) is 6.26 Å². The van der Waals surface area contributed by atoms with Crippen LogP contribution < -0.4 is 9.47 Å². The molecule has 1 aliphatic rings. The summed E-state index contributed by atoms with van der Waals surface area (Å²) >= 11 is 0. The van der Waals surface area contributed by atoms with Gasteiger partial charge in [-0.25, -0.2) is 8.42 Å². The van der Waals surface area contributed by atoms with E-state index < -0.39 is 15.9 Å². The van der Waals surface area contributed by atoms with Crippen LogP contribution in [0.5, 0.6) is 11.5 Å². The lowest BCUT2D eigenvalue weighted by atomic mass is 10.2. The predicted octanol–water partition coefficient (Wildman–Crippen LogP) is 2.75. The minimum absolute atomic E-state index is 0.156. The van der Waals surface area contributed by atoms with Gasteiger partial charge >= 0.3 is 0 Å². The molecule has 0 bridgehead atoms. The van der Waals surface area contributed by atoms with E-state index in [-0.39, 0.29) is 17.3 Å². The largest absolute Gasteiger partial charge is 0.486 e. The molecule has 0 saturated carbocycles. The molecule has 0 amide bonds. The van der Waals surface area contributed by atoms with Gasteiger partial charge in [0, 0.05) is 0 Å². The van der Waals surface area contributed by atoms with Crippen molar-refractivity contribution in [1.82, 2.24) is 5.16 Å². The standard InChI is InChI=1S/C17H15NO5S/c1-11-2-4-13(5-3-11)24(19,20)10-12-8-21-16-7-6-15-14(9-22-18-15)17(16)23-12/h2-7,9,12H,8,10H2,1H3. The molecule has 6 nitrogen and oxygen atoms in total. The Morgan fingerprint density at radius 1 is 1.17 bits per heavy atom. The van der Waals surface area contributed by atoms with Gasteiger partial charge in [0.15, 0.2) is 21.3 Å². The normalized spacial score (nSPS) is 17.1. The molecule has 0 fully saturated rings. The zero-order chi connectivity index (χ0) is 16.7. The fourth-order valence-corrected chi connectivity index (χ4v) is 4.08. The van der Waals surface area contributed by atoms with Gasteiger partial charge in [0.1, 0.15) is 24.5 Å². The molecule has 0 saturated heterocycles. The van der Waals surface area contributed by atoms with Crippen LogP contribution in [0.4, 0.5) is 0 Å². The van der Waals surface area contributed by atoms with Crippen molar-refractivity contribution < 1.29 is 22.4 Å². The topological polar surface area (TPSA) is 78.6 Å². The lowest BCUT2D eigenvalue weighted by molar-refractivity contribution is 0.108. The maximum Gasteiger partial charge on any atom is 0.182 e. The Morgan fingerprint density at radius 3 is 2.75 bits per heavy atom. The molecule has 1 aromatic heterocycles. The summed E-state index contributed by atoms with van der Waals surface area (Å²) in [6, 6.07) is 10.3. The first-order valence-electron chi connectivity index (χ1n) is 7.49. The van der Waals surface area contributed by atoms with Gasteiger partial charge in [-0.3, -0.25) is 0 Å². The predicted molar refractivity (Wildman–Crippen MR) is 87.2 cm³/mol. The average Bonchev–Trinajstić information content (AvgIpc) is 3.04. The second kappa shape index (κ2) is 5.52. The molecule has 3 aromatic rings. The van der Waals surface area contributed by atoms with Crippen molar-refractivity contribution in [3.05, 3.63) is 48.2 Å². The molecular weight excluding hydrogens is 330 g/mol. The van der Waals surface area contributed by atoms with E-state index >= 15 is 0 Å². The third kappa shape index (κ3) is 2.60. The number of hydrogen-bond donors (Lipinski definition) is 0. The monoisotopic (exact) mass is 345 g/mol. The number of sulfone groups is 1. The van der Waals surface area contributed by atoms with Crippen LogP contribution in [0.25, 0.3) is 10.9 Å². The van der Waals surface area contributed by atoms with Crippen molar-refractivity contribution in [2.45, 2.75) is 17.9 Å². The molecule has 4 rings (SSSR count). The summed E-state index contributed by atoms with van der Waals surface area (Å²) in [5, 5.41) is 4.52. The van der Waals surface area contributed by atoms with Crippen LogP contribution in [0, 0.1) is 6.92 Å². The molecule has 1 unspecified atom stereocenters. The fraction of sp³-hybridized carbons (Fsp3) is 0.235. The Balaban J connectivity index is 1.60. The first-order valence-corrected chi connectivity index (χ1v) is 9.14. The highest BCUT2D eigenvalue weighted by molar-refractivity contribution is 7.91. The molecule has 124 valence electrons. The van der Waals surface area contributed by atoms with Crippen molar-refractivity contribution >= 4 is 20.7 Å². The third-order valence-electron chi connectivity index (χ3n) is 3.95. The molecule has 7 heteroatoms. The Hall–Kier alpha value is -2.54. The van der Waals surface area contributed by atoms with Crippen LogP contribution in [-0.2, 0) is 9.84 Å². The van der Waals surface area contributed by atoms with Gasteiger partial charge in [-0.2, -0.15) is 0 Å². The average molecular weight is 345 g/mol. The second-order valence-electron chi connectivity index (χ2n) is 5.79. The second-order valence-corrected chi connectivity index (χ2v) is 7.82. The molecule has 0 spiro atoms. The SMILES string of the molecule is Cc1ccc(S(=O)(=O)CC2COc3ccc4nocc4c3O2)cc1. The number of nitrogens with zero attached hydrogens (tertiary/aromatic N) is 1. The van der Waals surface area contributed by atoms with E-state index in [1.807, 2.05) is 6.92 Å². The van der Waals surface area contributed by atoms with E-state index in [0.717, 1.165) is 5.56 Å². The smallest absolute Gasteiger partial charge is 0.182 e. The van der Waals surface area contributed by atoms with Crippen molar-refractivity contribution in [2.75, 3.05) is 12.4 Å². The van der Waals surface area contributed by atoms with Gasteiger partial charge in [-0.15, -0.1) is 0 Å². The van der Waals surface area contributed by atoms with Crippen molar-refractivity contribution in [2.24, 2.45) is 0 Å². The molecule has 1 aliphatic heterocycles. The Bertz CT molecular complexity index is 991. The van der Waals surface area contributed by atoms with Gasteiger partial charge in [-0.1, -0.05) is 22.9 Å². The van der Waals surface area contributed by atoms with Crippen molar-refractivity contribution in [1.29, 1.82) is 0 Å². The zero-order valence-corrected chi connectivity index (χ0v) is 13.7. The molecule has 0 radical (unpaired) electrons. The van der Waals surface area contributed by atoms with Gasteiger partial charge in [-0.05, 0) is 31.2 Å². The number of benzene rings is 2. The Morgan fingerprint density at radius 2 is 1.96 bits per heavy atom. The van der Waals surface area contributed by atoms with Crippen molar-refractivity contribution in [3.63, 3.8) is 0 Å². The van der Waals surface area contributed by atoms with Crippen molar-refractivity contribution in [3.8, 4) is 11.5 Å². The van der Waals surface area contributed by atoms with E-state index in [1.54, 1.807) is 36.4 Å².